The first-order valence-corrected chi connectivity index (χ1v) is 11.5. The fourth-order valence-corrected chi connectivity index (χ4v) is 5.24. The molecule has 1 unspecified atom stereocenters. The van der Waals surface area contributed by atoms with Gasteiger partial charge in [0.25, 0.3) is 5.56 Å². The zero-order valence-electron chi connectivity index (χ0n) is 19.7. The van der Waals surface area contributed by atoms with E-state index in [9.17, 15) is 32.3 Å². The van der Waals surface area contributed by atoms with Crippen molar-refractivity contribution in [2.75, 3.05) is 0 Å². The van der Waals surface area contributed by atoms with Crippen molar-refractivity contribution in [3.8, 4) is 11.4 Å². The predicted molar refractivity (Wildman–Crippen MR) is 130 cm³/mol. The number of rotatable bonds is 3. The Morgan fingerprint density at radius 1 is 1.05 bits per heavy atom. The Morgan fingerprint density at radius 2 is 1.74 bits per heavy atom. The van der Waals surface area contributed by atoms with Gasteiger partial charge in [-0.1, -0.05) is 11.6 Å². The highest BCUT2D eigenvalue weighted by Crippen LogP contribution is 2.43. The number of halogens is 4. The van der Waals surface area contributed by atoms with Crippen LogP contribution in [0.1, 0.15) is 29.2 Å². The number of fused-ring (bicyclic) bond motifs is 2. The van der Waals surface area contributed by atoms with Crippen LogP contribution in [-0.2, 0) is 26.7 Å². The second-order valence-electron chi connectivity index (χ2n) is 8.84. The first-order chi connectivity index (χ1) is 17.8. The summed E-state index contributed by atoms with van der Waals surface area (Å²) in [7, 11) is 3.09. The molecule has 2 heterocycles. The minimum absolute atomic E-state index is 0.0314. The molecular formula is C24H18ClF3N4O6. The monoisotopic (exact) mass is 550 g/mol. The zero-order valence-corrected chi connectivity index (χ0v) is 20.5. The molecule has 1 atom stereocenters. The van der Waals surface area contributed by atoms with Crippen molar-refractivity contribution < 1.29 is 27.8 Å². The summed E-state index contributed by atoms with van der Waals surface area (Å²) in [5.74, 6) is -0.731. The number of carboxylic acid groups (broad SMARTS) is 1. The van der Waals surface area contributed by atoms with Crippen LogP contribution in [0.2, 0.25) is 5.02 Å². The number of nitrogens with zero attached hydrogens (tertiary/aromatic N) is 4. The molecule has 14 heteroatoms. The summed E-state index contributed by atoms with van der Waals surface area (Å²) in [5.41, 5.74) is -2.30. The third-order valence-corrected chi connectivity index (χ3v) is 6.93. The number of aryl methyl sites for hydroxylation is 2. The average molecular weight is 551 g/mol. The van der Waals surface area contributed by atoms with Gasteiger partial charge in [0.05, 0.1) is 34.5 Å². The quantitative estimate of drug-likeness (QED) is 0.391. The lowest BCUT2D eigenvalue weighted by Crippen LogP contribution is -2.42. The Hall–Kier alpha value is -4.26. The van der Waals surface area contributed by atoms with Gasteiger partial charge in [0, 0.05) is 19.1 Å². The fraction of sp³-hybridized carbons (Fsp3) is 0.250. The zero-order chi connectivity index (χ0) is 27.7. The highest BCUT2D eigenvalue weighted by molar-refractivity contribution is 6.30. The van der Waals surface area contributed by atoms with E-state index in [2.05, 4.69) is 4.74 Å². The van der Waals surface area contributed by atoms with Crippen molar-refractivity contribution in [2.45, 2.75) is 25.1 Å². The molecule has 1 aliphatic rings. The molecule has 0 aliphatic heterocycles. The van der Waals surface area contributed by atoms with Crippen LogP contribution in [0.4, 0.5) is 18.0 Å². The Labute approximate surface area is 215 Å². The van der Waals surface area contributed by atoms with Crippen LogP contribution in [0.3, 0.4) is 0 Å². The molecule has 0 fully saturated rings. The van der Waals surface area contributed by atoms with E-state index in [1.165, 1.54) is 34.4 Å². The second-order valence-corrected chi connectivity index (χ2v) is 9.27. The first-order valence-electron chi connectivity index (χ1n) is 11.1. The topological polar surface area (TPSA) is 117 Å². The van der Waals surface area contributed by atoms with E-state index in [-0.39, 0.29) is 40.4 Å². The lowest BCUT2D eigenvalue weighted by molar-refractivity contribution is -0.138. The smallest absolute Gasteiger partial charge is 0.449 e. The van der Waals surface area contributed by atoms with Crippen molar-refractivity contribution in [1.29, 1.82) is 0 Å². The normalized spacial score (nSPS) is 15.2. The van der Waals surface area contributed by atoms with E-state index in [4.69, 9.17) is 16.7 Å². The van der Waals surface area contributed by atoms with Gasteiger partial charge in [-0.15, -0.1) is 0 Å². The Kier molecular flexibility index (Phi) is 5.78. The molecule has 0 saturated heterocycles. The summed E-state index contributed by atoms with van der Waals surface area (Å²) in [5, 5.41) is 8.94. The number of benzene rings is 2. The van der Waals surface area contributed by atoms with E-state index >= 15 is 0 Å². The molecule has 0 amide bonds. The summed E-state index contributed by atoms with van der Waals surface area (Å²) in [6.45, 7) is 0. The van der Waals surface area contributed by atoms with E-state index in [0.29, 0.717) is 15.6 Å². The van der Waals surface area contributed by atoms with E-state index in [1.54, 1.807) is 13.1 Å². The molecular weight excluding hydrogens is 533 g/mol. The molecule has 2 aromatic heterocycles. The third-order valence-electron chi connectivity index (χ3n) is 6.71. The summed E-state index contributed by atoms with van der Waals surface area (Å²) < 4.78 is 50.1. The Balaban J connectivity index is 1.78. The minimum Gasteiger partial charge on any atom is -0.449 e. The Morgan fingerprint density at radius 3 is 2.39 bits per heavy atom. The number of ether oxygens (including phenoxy) is 1. The summed E-state index contributed by atoms with van der Waals surface area (Å²) in [6.07, 6.45) is -5.79. The molecule has 10 nitrogen and oxygen atoms in total. The summed E-state index contributed by atoms with van der Waals surface area (Å²) in [4.78, 5) is 50.6. The van der Waals surface area contributed by atoms with Crippen LogP contribution in [0.25, 0.3) is 16.7 Å². The van der Waals surface area contributed by atoms with Crippen LogP contribution in [-0.4, -0.2) is 29.5 Å². The largest absolute Gasteiger partial charge is 0.511 e. The highest BCUT2D eigenvalue weighted by atomic mass is 35.5. The standard InChI is InChI=1S/C24H18ClF3N4O6/c1-29-17-5-3-12(9-18(17)30(2)21(29)34)31-10-19(38-23(36)37)20(33)32(22(31)35)16-6-4-13-14(16)7-11(25)8-15(13)24(26,27)28/h3,5,7-10,16H,4,6H2,1-2H3,(H,36,37). The number of imidazole rings is 1. The molecule has 1 aliphatic carbocycles. The van der Waals surface area contributed by atoms with E-state index in [0.717, 1.165) is 16.8 Å². The van der Waals surface area contributed by atoms with Crippen molar-refractivity contribution in [3.05, 3.63) is 89.6 Å². The number of hydrogen-bond acceptors (Lipinski definition) is 5. The molecule has 1 N–H and O–H groups in total. The van der Waals surface area contributed by atoms with Gasteiger partial charge in [-0.3, -0.25) is 18.5 Å². The summed E-state index contributed by atoms with van der Waals surface area (Å²) >= 11 is 5.98. The van der Waals surface area contributed by atoms with Crippen LogP contribution >= 0.6 is 11.6 Å². The summed E-state index contributed by atoms with van der Waals surface area (Å²) in [6, 6.07) is 5.40. The number of alkyl halides is 3. The molecule has 0 bridgehead atoms. The van der Waals surface area contributed by atoms with Crippen LogP contribution < -0.4 is 21.7 Å². The first kappa shape index (κ1) is 25.4. The minimum atomic E-state index is -4.72. The SMILES string of the molecule is Cn1c(=O)n(C)c2cc(-n3cc(OC(=O)O)c(=O)n(C4CCc5c4cc(Cl)cc5C(F)(F)F)c3=O)ccc21. The lowest BCUT2D eigenvalue weighted by Gasteiger charge is -2.19. The van der Waals surface area contributed by atoms with Gasteiger partial charge in [0.1, 0.15) is 0 Å². The van der Waals surface area contributed by atoms with Gasteiger partial charge < -0.3 is 9.84 Å². The highest BCUT2D eigenvalue weighted by Gasteiger charge is 2.39. The molecule has 2 aromatic carbocycles. The molecule has 0 radical (unpaired) electrons. The van der Waals surface area contributed by atoms with Gasteiger partial charge >= 0.3 is 23.7 Å². The van der Waals surface area contributed by atoms with Gasteiger partial charge in [-0.25, -0.2) is 19.0 Å². The van der Waals surface area contributed by atoms with Gasteiger partial charge in [-0.2, -0.15) is 13.2 Å². The van der Waals surface area contributed by atoms with Crippen LogP contribution in [0, 0.1) is 0 Å². The predicted octanol–water partition coefficient (Wildman–Crippen LogP) is 3.45. The molecule has 198 valence electrons. The Bertz CT molecular complexity index is 1830. The fourth-order valence-electron chi connectivity index (χ4n) is 5.01. The lowest BCUT2D eigenvalue weighted by atomic mass is 10.0. The molecule has 4 aromatic rings. The molecule has 0 saturated carbocycles. The maximum Gasteiger partial charge on any atom is 0.511 e. The second kappa shape index (κ2) is 8.65. The van der Waals surface area contributed by atoms with Gasteiger partial charge in [0.2, 0.25) is 5.75 Å². The van der Waals surface area contributed by atoms with Crippen LogP contribution in [0.5, 0.6) is 5.75 Å². The average Bonchev–Trinajstić information content (AvgIpc) is 3.34. The van der Waals surface area contributed by atoms with Gasteiger partial charge in [0.15, 0.2) is 0 Å². The van der Waals surface area contributed by atoms with Crippen molar-refractivity contribution >= 4 is 28.8 Å². The number of hydrogen-bond donors (Lipinski definition) is 1. The van der Waals surface area contributed by atoms with E-state index in [1.807, 2.05) is 0 Å². The number of aromatic nitrogens is 4. The van der Waals surface area contributed by atoms with Crippen LogP contribution in [0.15, 0.2) is 50.9 Å². The molecule has 0 spiro atoms. The van der Waals surface area contributed by atoms with Crippen molar-refractivity contribution in [1.82, 2.24) is 18.3 Å². The maximum atomic E-state index is 13.7. The molecule has 5 rings (SSSR count). The van der Waals surface area contributed by atoms with E-state index < -0.39 is 40.9 Å². The van der Waals surface area contributed by atoms with Crippen molar-refractivity contribution in [3.63, 3.8) is 0 Å². The molecule has 38 heavy (non-hydrogen) atoms. The number of carbonyl (C=O) groups is 1. The van der Waals surface area contributed by atoms with Gasteiger partial charge in [-0.05, 0) is 54.3 Å². The van der Waals surface area contributed by atoms with Crippen molar-refractivity contribution in [2.24, 2.45) is 14.1 Å². The maximum absolute atomic E-state index is 13.7. The third kappa shape index (κ3) is 3.90.